The number of hydrogen-bond acceptors (Lipinski definition) is 2. The first-order chi connectivity index (χ1) is 5.05. The monoisotopic (exact) mass is 159 g/mol. The molecule has 2 N–H and O–H groups in total. The first-order valence-electron chi connectivity index (χ1n) is 4.43. The first-order valence-corrected chi connectivity index (χ1v) is 4.43. The lowest BCUT2D eigenvalue weighted by molar-refractivity contribution is -0.0678. The minimum atomic E-state index is -0.156. The summed E-state index contributed by atoms with van der Waals surface area (Å²) in [4.78, 5) is 0. The molecule has 2 heteroatoms. The van der Waals surface area contributed by atoms with Gasteiger partial charge in [0.25, 0.3) is 0 Å². The normalized spacial score (nSPS) is 12.5. The molecule has 0 radical (unpaired) electrons. The van der Waals surface area contributed by atoms with E-state index in [1.165, 1.54) is 0 Å². The molecule has 0 amide bonds. The zero-order valence-electron chi connectivity index (χ0n) is 8.18. The summed E-state index contributed by atoms with van der Waals surface area (Å²) in [6, 6.07) is 0. The van der Waals surface area contributed by atoms with Gasteiger partial charge in [-0.1, -0.05) is 13.8 Å². The van der Waals surface area contributed by atoms with E-state index in [0.29, 0.717) is 12.6 Å². The summed E-state index contributed by atoms with van der Waals surface area (Å²) in [6.45, 7) is 8.93. The highest BCUT2D eigenvalue weighted by Gasteiger charge is 2.19. The van der Waals surface area contributed by atoms with Crippen molar-refractivity contribution in [3.8, 4) is 0 Å². The second-order valence-corrected chi connectivity index (χ2v) is 3.52. The molecule has 0 aliphatic heterocycles. The summed E-state index contributed by atoms with van der Waals surface area (Å²) in [5.41, 5.74) is 5.38. The maximum absolute atomic E-state index is 5.76. The van der Waals surface area contributed by atoms with Crippen LogP contribution in [0.15, 0.2) is 0 Å². The van der Waals surface area contributed by atoms with Gasteiger partial charge in [0.1, 0.15) is 0 Å². The Morgan fingerprint density at radius 2 is 1.73 bits per heavy atom. The fourth-order valence-corrected chi connectivity index (χ4v) is 0.955. The largest absolute Gasteiger partial charge is 0.371 e. The number of nitrogens with two attached hydrogens (primary N) is 1. The van der Waals surface area contributed by atoms with Crippen molar-refractivity contribution in [2.45, 2.75) is 52.2 Å². The third-order valence-electron chi connectivity index (χ3n) is 1.89. The smallest absolute Gasteiger partial charge is 0.0751 e. The van der Waals surface area contributed by atoms with Gasteiger partial charge in [-0.25, -0.2) is 0 Å². The van der Waals surface area contributed by atoms with Crippen molar-refractivity contribution in [3.05, 3.63) is 0 Å². The first kappa shape index (κ1) is 10.9. The van der Waals surface area contributed by atoms with Gasteiger partial charge in [-0.3, -0.25) is 0 Å². The molecule has 11 heavy (non-hydrogen) atoms. The van der Waals surface area contributed by atoms with Crippen LogP contribution in [0, 0.1) is 0 Å². The van der Waals surface area contributed by atoms with Gasteiger partial charge in [-0.05, 0) is 26.7 Å². The van der Waals surface area contributed by atoms with Crippen molar-refractivity contribution in [1.82, 2.24) is 0 Å². The van der Waals surface area contributed by atoms with E-state index in [-0.39, 0.29) is 5.60 Å². The Morgan fingerprint density at radius 1 is 1.27 bits per heavy atom. The summed E-state index contributed by atoms with van der Waals surface area (Å²) in [6.07, 6.45) is 2.51. The van der Waals surface area contributed by atoms with Gasteiger partial charge in [0.2, 0.25) is 0 Å². The second-order valence-electron chi connectivity index (χ2n) is 3.52. The minimum Gasteiger partial charge on any atom is -0.371 e. The fourth-order valence-electron chi connectivity index (χ4n) is 0.955. The standard InChI is InChI=1S/C9H21NO/c1-5-8(6-2)11-9(3,4)7-10/h8H,5-7,10H2,1-4H3. The van der Waals surface area contributed by atoms with Crippen molar-refractivity contribution in [3.63, 3.8) is 0 Å². The molecule has 0 fully saturated rings. The van der Waals surface area contributed by atoms with E-state index in [0.717, 1.165) is 12.8 Å². The maximum Gasteiger partial charge on any atom is 0.0751 e. The van der Waals surface area contributed by atoms with Crippen LogP contribution in [0.3, 0.4) is 0 Å². The van der Waals surface area contributed by atoms with Gasteiger partial charge in [0, 0.05) is 6.54 Å². The Balaban J connectivity index is 3.79. The van der Waals surface area contributed by atoms with Crippen LogP contribution in [-0.2, 0) is 4.74 Å². The molecular formula is C9H21NO. The Labute approximate surface area is 70.1 Å². The molecule has 68 valence electrons. The molecule has 0 aromatic rings. The van der Waals surface area contributed by atoms with Crippen molar-refractivity contribution in [2.75, 3.05) is 6.54 Å². The second kappa shape index (κ2) is 4.73. The Bertz CT molecular complexity index is 97.7. The molecule has 0 aromatic carbocycles. The number of hydrogen-bond donors (Lipinski definition) is 1. The van der Waals surface area contributed by atoms with E-state index in [1.807, 2.05) is 13.8 Å². The van der Waals surface area contributed by atoms with Gasteiger partial charge < -0.3 is 10.5 Å². The predicted molar refractivity (Wildman–Crippen MR) is 48.6 cm³/mol. The van der Waals surface area contributed by atoms with Crippen LogP contribution in [-0.4, -0.2) is 18.2 Å². The summed E-state index contributed by atoms with van der Waals surface area (Å²) in [5, 5.41) is 0. The summed E-state index contributed by atoms with van der Waals surface area (Å²) in [5.74, 6) is 0. The maximum atomic E-state index is 5.76. The lowest BCUT2D eigenvalue weighted by atomic mass is 10.1. The van der Waals surface area contributed by atoms with Crippen molar-refractivity contribution >= 4 is 0 Å². The third kappa shape index (κ3) is 4.38. The van der Waals surface area contributed by atoms with Gasteiger partial charge in [-0.15, -0.1) is 0 Å². The molecular weight excluding hydrogens is 138 g/mol. The highest BCUT2D eigenvalue weighted by molar-refractivity contribution is 4.71. The highest BCUT2D eigenvalue weighted by atomic mass is 16.5. The molecule has 0 spiro atoms. The SMILES string of the molecule is CCC(CC)OC(C)(C)CN. The molecule has 0 aliphatic carbocycles. The van der Waals surface area contributed by atoms with Gasteiger partial charge in [-0.2, -0.15) is 0 Å². The Morgan fingerprint density at radius 3 is 2.00 bits per heavy atom. The van der Waals surface area contributed by atoms with E-state index >= 15 is 0 Å². The zero-order chi connectivity index (χ0) is 8.91. The van der Waals surface area contributed by atoms with E-state index in [9.17, 15) is 0 Å². The van der Waals surface area contributed by atoms with Crippen LogP contribution in [0.5, 0.6) is 0 Å². The van der Waals surface area contributed by atoms with E-state index in [2.05, 4.69) is 13.8 Å². The quantitative estimate of drug-likeness (QED) is 0.665. The van der Waals surface area contributed by atoms with Gasteiger partial charge in [0.15, 0.2) is 0 Å². The molecule has 0 bridgehead atoms. The molecule has 0 saturated carbocycles. The van der Waals surface area contributed by atoms with Crippen LogP contribution in [0.1, 0.15) is 40.5 Å². The third-order valence-corrected chi connectivity index (χ3v) is 1.89. The van der Waals surface area contributed by atoms with Crippen LogP contribution in [0.4, 0.5) is 0 Å². The lowest BCUT2D eigenvalue weighted by Crippen LogP contribution is -2.37. The average molecular weight is 159 g/mol. The molecule has 2 nitrogen and oxygen atoms in total. The summed E-state index contributed by atoms with van der Waals surface area (Å²) < 4.78 is 5.76. The number of ether oxygens (including phenoxy) is 1. The minimum absolute atomic E-state index is 0.156. The van der Waals surface area contributed by atoms with Gasteiger partial charge >= 0.3 is 0 Å². The van der Waals surface area contributed by atoms with E-state index < -0.39 is 0 Å². The zero-order valence-corrected chi connectivity index (χ0v) is 8.18. The van der Waals surface area contributed by atoms with E-state index in [4.69, 9.17) is 10.5 Å². The van der Waals surface area contributed by atoms with Crippen molar-refractivity contribution in [1.29, 1.82) is 0 Å². The van der Waals surface area contributed by atoms with Crippen molar-refractivity contribution in [2.24, 2.45) is 5.73 Å². The molecule has 0 aromatic heterocycles. The van der Waals surface area contributed by atoms with Crippen LogP contribution < -0.4 is 5.73 Å². The fraction of sp³-hybridized carbons (Fsp3) is 1.00. The molecule has 0 heterocycles. The average Bonchev–Trinajstić information content (AvgIpc) is 2.00. The van der Waals surface area contributed by atoms with Gasteiger partial charge in [0.05, 0.1) is 11.7 Å². The van der Waals surface area contributed by atoms with Crippen molar-refractivity contribution < 1.29 is 4.74 Å². The molecule has 0 unspecified atom stereocenters. The van der Waals surface area contributed by atoms with Crippen LogP contribution >= 0.6 is 0 Å². The summed E-state index contributed by atoms with van der Waals surface area (Å²) >= 11 is 0. The number of rotatable bonds is 5. The predicted octanol–water partition coefficient (Wildman–Crippen LogP) is 1.93. The van der Waals surface area contributed by atoms with Crippen LogP contribution in [0.25, 0.3) is 0 Å². The Hall–Kier alpha value is -0.0800. The highest BCUT2D eigenvalue weighted by Crippen LogP contribution is 2.14. The summed E-state index contributed by atoms with van der Waals surface area (Å²) in [7, 11) is 0. The Kier molecular flexibility index (Phi) is 4.69. The van der Waals surface area contributed by atoms with Crippen LogP contribution in [0.2, 0.25) is 0 Å². The lowest BCUT2D eigenvalue weighted by Gasteiger charge is -2.28. The van der Waals surface area contributed by atoms with E-state index in [1.54, 1.807) is 0 Å². The molecule has 0 atom stereocenters. The molecule has 0 aliphatic rings. The molecule has 0 saturated heterocycles. The topological polar surface area (TPSA) is 35.2 Å². The molecule has 0 rings (SSSR count).